The standard InChI is InChI=1S/C21H21FN6O/c22-15-7-17(9-24)28(11-15)21(29)13-27-5-4-16(12-27)26-20-3-1-2-19-18(20)6-14(8-23)10-25-19/h1-3,6,10,15-17,26H,4-5,7,11-13H2/t15-,16-,17?/m0/s1. The summed E-state index contributed by atoms with van der Waals surface area (Å²) < 4.78 is 13.6. The maximum absolute atomic E-state index is 13.6. The fourth-order valence-corrected chi connectivity index (χ4v) is 4.11. The van der Waals surface area contributed by atoms with E-state index in [0.29, 0.717) is 12.1 Å². The number of carbonyl (C=O) groups is 1. The van der Waals surface area contributed by atoms with Crippen LogP contribution in [0, 0.1) is 22.7 Å². The van der Waals surface area contributed by atoms with E-state index in [1.807, 2.05) is 35.2 Å². The van der Waals surface area contributed by atoms with Crippen molar-refractivity contribution >= 4 is 22.5 Å². The fourth-order valence-electron chi connectivity index (χ4n) is 4.11. The first-order valence-electron chi connectivity index (χ1n) is 9.68. The second-order valence-corrected chi connectivity index (χ2v) is 7.60. The molecule has 3 atom stereocenters. The van der Waals surface area contributed by atoms with Gasteiger partial charge in [0, 0.05) is 42.8 Å². The van der Waals surface area contributed by atoms with Crippen LogP contribution in [0.5, 0.6) is 0 Å². The summed E-state index contributed by atoms with van der Waals surface area (Å²) in [6.07, 6.45) is 1.41. The van der Waals surface area contributed by atoms with Gasteiger partial charge in [-0.3, -0.25) is 14.7 Å². The molecule has 8 heteroatoms. The Morgan fingerprint density at radius 2 is 2.21 bits per heavy atom. The van der Waals surface area contributed by atoms with Gasteiger partial charge in [-0.25, -0.2) is 4.39 Å². The molecule has 1 aromatic carbocycles. The molecular formula is C21H21FN6O. The van der Waals surface area contributed by atoms with Gasteiger partial charge in [-0.15, -0.1) is 0 Å². The summed E-state index contributed by atoms with van der Waals surface area (Å²) in [5.41, 5.74) is 2.24. The molecule has 1 unspecified atom stereocenters. The third-order valence-corrected chi connectivity index (χ3v) is 5.57. The predicted molar refractivity (Wildman–Crippen MR) is 106 cm³/mol. The maximum atomic E-state index is 13.6. The Kier molecular flexibility index (Phi) is 5.28. The number of hydrogen-bond donors (Lipinski definition) is 1. The van der Waals surface area contributed by atoms with E-state index in [-0.39, 0.29) is 31.5 Å². The minimum Gasteiger partial charge on any atom is -0.380 e. The SMILES string of the molecule is N#Cc1cnc2cccc(N[C@H]3CCN(CC(=O)N4C[C@@H](F)CC4C#N)C3)c2c1. The van der Waals surface area contributed by atoms with E-state index in [9.17, 15) is 9.18 Å². The van der Waals surface area contributed by atoms with Crippen LogP contribution in [0.3, 0.4) is 0 Å². The Bertz CT molecular complexity index is 1010. The molecule has 29 heavy (non-hydrogen) atoms. The van der Waals surface area contributed by atoms with Gasteiger partial charge < -0.3 is 10.2 Å². The zero-order valence-corrected chi connectivity index (χ0v) is 15.9. The molecule has 1 N–H and O–H groups in total. The number of anilines is 1. The monoisotopic (exact) mass is 392 g/mol. The minimum atomic E-state index is -1.12. The Labute approximate surface area is 168 Å². The van der Waals surface area contributed by atoms with Crippen molar-refractivity contribution < 1.29 is 9.18 Å². The van der Waals surface area contributed by atoms with Crippen molar-refractivity contribution in [2.24, 2.45) is 0 Å². The van der Waals surface area contributed by atoms with E-state index in [0.717, 1.165) is 29.6 Å². The molecule has 0 aliphatic carbocycles. The molecule has 2 aromatic rings. The smallest absolute Gasteiger partial charge is 0.237 e. The molecule has 2 aliphatic rings. The summed E-state index contributed by atoms with van der Waals surface area (Å²) in [5.74, 6) is -0.189. The van der Waals surface area contributed by atoms with Gasteiger partial charge in [0.05, 0.1) is 30.2 Å². The highest BCUT2D eigenvalue weighted by atomic mass is 19.1. The van der Waals surface area contributed by atoms with Crippen LogP contribution in [-0.2, 0) is 4.79 Å². The molecule has 4 rings (SSSR count). The average Bonchev–Trinajstić information content (AvgIpc) is 3.33. The van der Waals surface area contributed by atoms with Crippen LogP contribution in [0.4, 0.5) is 10.1 Å². The van der Waals surface area contributed by atoms with Gasteiger partial charge in [-0.05, 0) is 24.6 Å². The summed E-state index contributed by atoms with van der Waals surface area (Å²) in [5, 5.41) is 22.7. The molecule has 1 amide bonds. The normalized spacial score (nSPS) is 24.4. The van der Waals surface area contributed by atoms with Gasteiger partial charge in [0.1, 0.15) is 18.3 Å². The molecule has 1 aromatic heterocycles. The zero-order valence-electron chi connectivity index (χ0n) is 15.9. The lowest BCUT2D eigenvalue weighted by atomic mass is 10.1. The first-order valence-corrected chi connectivity index (χ1v) is 9.68. The molecule has 0 saturated carbocycles. The van der Waals surface area contributed by atoms with Crippen LogP contribution in [0.25, 0.3) is 10.9 Å². The van der Waals surface area contributed by atoms with Crippen molar-refractivity contribution in [3.05, 3.63) is 36.0 Å². The molecule has 0 bridgehead atoms. The summed E-state index contributed by atoms with van der Waals surface area (Å²) in [4.78, 5) is 20.3. The van der Waals surface area contributed by atoms with Crippen molar-refractivity contribution in [3.63, 3.8) is 0 Å². The molecule has 2 fully saturated rings. The highest BCUT2D eigenvalue weighted by molar-refractivity contribution is 5.92. The quantitative estimate of drug-likeness (QED) is 0.856. The van der Waals surface area contributed by atoms with E-state index in [1.165, 1.54) is 4.90 Å². The van der Waals surface area contributed by atoms with E-state index in [2.05, 4.69) is 16.4 Å². The number of hydrogen-bond acceptors (Lipinski definition) is 6. The predicted octanol–water partition coefficient (Wildman–Crippen LogP) is 2.06. The van der Waals surface area contributed by atoms with Crippen LogP contribution < -0.4 is 5.32 Å². The number of nitrogens with zero attached hydrogens (tertiary/aromatic N) is 5. The minimum absolute atomic E-state index is 0.0107. The highest BCUT2D eigenvalue weighted by Crippen LogP contribution is 2.26. The van der Waals surface area contributed by atoms with E-state index in [4.69, 9.17) is 10.5 Å². The number of rotatable bonds is 4. The lowest BCUT2D eigenvalue weighted by Gasteiger charge is -2.23. The molecular weight excluding hydrogens is 371 g/mol. The molecule has 148 valence electrons. The molecule has 2 saturated heterocycles. The van der Waals surface area contributed by atoms with Gasteiger partial charge >= 0.3 is 0 Å². The number of carbonyl (C=O) groups excluding carboxylic acids is 1. The Morgan fingerprint density at radius 1 is 1.34 bits per heavy atom. The van der Waals surface area contributed by atoms with Gasteiger partial charge in [-0.2, -0.15) is 10.5 Å². The number of halogens is 1. The van der Waals surface area contributed by atoms with Crippen molar-refractivity contribution in [1.29, 1.82) is 10.5 Å². The number of pyridine rings is 1. The van der Waals surface area contributed by atoms with Gasteiger partial charge in [0.25, 0.3) is 0 Å². The Morgan fingerprint density at radius 3 is 3.00 bits per heavy atom. The van der Waals surface area contributed by atoms with Crippen LogP contribution in [0.2, 0.25) is 0 Å². The van der Waals surface area contributed by atoms with Crippen LogP contribution >= 0.6 is 0 Å². The van der Waals surface area contributed by atoms with Crippen molar-refractivity contribution in [1.82, 2.24) is 14.8 Å². The number of aromatic nitrogens is 1. The summed E-state index contributed by atoms with van der Waals surface area (Å²) in [6, 6.07) is 11.2. The first-order chi connectivity index (χ1) is 14.1. The van der Waals surface area contributed by atoms with Crippen LogP contribution in [0.1, 0.15) is 18.4 Å². The number of amides is 1. The first kappa shape index (κ1) is 19.1. The zero-order chi connectivity index (χ0) is 20.4. The molecule has 0 radical (unpaired) electrons. The van der Waals surface area contributed by atoms with E-state index >= 15 is 0 Å². The third-order valence-electron chi connectivity index (χ3n) is 5.57. The molecule has 7 nitrogen and oxygen atoms in total. The largest absolute Gasteiger partial charge is 0.380 e. The second-order valence-electron chi connectivity index (χ2n) is 7.60. The molecule has 3 heterocycles. The Balaban J connectivity index is 1.40. The maximum Gasteiger partial charge on any atom is 0.237 e. The Hall–Kier alpha value is -3.23. The van der Waals surface area contributed by atoms with Crippen molar-refractivity contribution in [2.75, 3.05) is 31.5 Å². The number of nitriles is 2. The summed E-state index contributed by atoms with van der Waals surface area (Å²) in [6.45, 7) is 1.63. The average molecular weight is 392 g/mol. The number of alkyl halides is 1. The molecule has 2 aliphatic heterocycles. The summed E-state index contributed by atoms with van der Waals surface area (Å²) >= 11 is 0. The summed E-state index contributed by atoms with van der Waals surface area (Å²) in [7, 11) is 0. The van der Waals surface area contributed by atoms with Gasteiger partial charge in [-0.1, -0.05) is 6.07 Å². The number of nitrogens with one attached hydrogen (secondary N) is 1. The lowest BCUT2D eigenvalue weighted by molar-refractivity contribution is -0.132. The van der Waals surface area contributed by atoms with E-state index in [1.54, 1.807) is 6.20 Å². The lowest BCUT2D eigenvalue weighted by Crippen LogP contribution is -2.42. The van der Waals surface area contributed by atoms with Crippen molar-refractivity contribution in [2.45, 2.75) is 31.1 Å². The van der Waals surface area contributed by atoms with Gasteiger partial charge in [0.15, 0.2) is 0 Å². The van der Waals surface area contributed by atoms with E-state index < -0.39 is 12.2 Å². The van der Waals surface area contributed by atoms with Crippen molar-refractivity contribution in [3.8, 4) is 12.1 Å². The topological polar surface area (TPSA) is 96.1 Å². The number of fused-ring (bicyclic) bond motifs is 1. The van der Waals surface area contributed by atoms with Crippen LogP contribution in [0.15, 0.2) is 30.5 Å². The number of benzene rings is 1. The third kappa shape index (κ3) is 3.98. The highest BCUT2D eigenvalue weighted by Gasteiger charge is 2.36. The second kappa shape index (κ2) is 8.02. The molecule has 0 spiro atoms. The fraction of sp³-hybridized carbons (Fsp3) is 0.429. The number of likely N-dealkylation sites (tertiary alicyclic amines) is 2. The van der Waals surface area contributed by atoms with Crippen LogP contribution in [-0.4, -0.2) is 65.1 Å². The van der Waals surface area contributed by atoms with Gasteiger partial charge in [0.2, 0.25) is 5.91 Å².